The molecule has 0 rings (SSSR count). The smallest absolute Gasteiger partial charge is 0.133 e. The van der Waals surface area contributed by atoms with E-state index in [1.807, 2.05) is 26.0 Å². The topological polar surface area (TPSA) is 29.1 Å². The van der Waals surface area contributed by atoms with E-state index < -0.39 is 0 Å². The van der Waals surface area contributed by atoms with Gasteiger partial charge in [0.05, 0.1) is 6.54 Å². The molecule has 0 aromatic carbocycles. The maximum absolute atomic E-state index is 9.83. The molecule has 0 aliphatic heterocycles. The molecule has 0 fully saturated rings. The van der Waals surface area contributed by atoms with Crippen molar-refractivity contribution >= 4 is 6.29 Å². The van der Waals surface area contributed by atoms with Crippen LogP contribution in [0.15, 0.2) is 12.2 Å². The Morgan fingerprint density at radius 1 is 1.67 bits per heavy atom. The fourth-order valence-corrected chi connectivity index (χ4v) is 0.591. The number of carbonyl (C=O) groups excluding carboxylic acids is 1. The Morgan fingerprint density at radius 2 is 2.33 bits per heavy atom. The van der Waals surface area contributed by atoms with Crippen molar-refractivity contribution in [1.29, 1.82) is 0 Å². The van der Waals surface area contributed by atoms with Gasteiger partial charge in [-0.1, -0.05) is 12.2 Å². The van der Waals surface area contributed by atoms with E-state index in [0.717, 1.165) is 6.29 Å². The number of nitrogens with one attached hydrogen (secondary N) is 1. The minimum Gasteiger partial charge on any atom is -0.304 e. The number of hydrogen-bond acceptors (Lipinski definition) is 2. The van der Waals surface area contributed by atoms with Crippen molar-refractivity contribution in [1.82, 2.24) is 5.32 Å². The van der Waals surface area contributed by atoms with E-state index in [1.165, 1.54) is 0 Å². The van der Waals surface area contributed by atoms with Gasteiger partial charge in [0, 0.05) is 6.04 Å². The normalized spacial score (nSPS) is 14.0. The molecule has 0 saturated heterocycles. The summed E-state index contributed by atoms with van der Waals surface area (Å²) in [7, 11) is 0. The zero-order valence-electron chi connectivity index (χ0n) is 5.92. The Kier molecular flexibility index (Phi) is 5.12. The fraction of sp³-hybridized carbons (Fsp3) is 0.571. The van der Waals surface area contributed by atoms with Gasteiger partial charge < -0.3 is 10.1 Å². The summed E-state index contributed by atoms with van der Waals surface area (Å²) in [6.07, 6.45) is 4.83. The summed E-state index contributed by atoms with van der Waals surface area (Å²) >= 11 is 0. The first-order valence-corrected chi connectivity index (χ1v) is 3.11. The van der Waals surface area contributed by atoms with Gasteiger partial charge in [-0.05, 0) is 13.8 Å². The molecule has 0 saturated carbocycles. The molecule has 52 valence electrons. The van der Waals surface area contributed by atoms with Crippen LogP contribution in [0.2, 0.25) is 0 Å². The van der Waals surface area contributed by atoms with Crippen LogP contribution in [0.4, 0.5) is 0 Å². The number of rotatable bonds is 4. The van der Waals surface area contributed by atoms with Crippen molar-refractivity contribution < 1.29 is 4.79 Å². The lowest BCUT2D eigenvalue weighted by Gasteiger charge is -2.03. The third-order valence-corrected chi connectivity index (χ3v) is 1.00. The molecular formula is C7H13NO. The largest absolute Gasteiger partial charge is 0.304 e. The summed E-state index contributed by atoms with van der Waals surface area (Å²) in [5.41, 5.74) is 0. The fourth-order valence-electron chi connectivity index (χ4n) is 0.591. The molecular weight excluding hydrogens is 114 g/mol. The minimum atomic E-state index is 0.306. The van der Waals surface area contributed by atoms with Crippen molar-refractivity contribution in [2.45, 2.75) is 19.9 Å². The highest BCUT2D eigenvalue weighted by Gasteiger charge is 1.90. The molecule has 9 heavy (non-hydrogen) atoms. The molecule has 0 heterocycles. The van der Waals surface area contributed by atoms with Gasteiger partial charge in [0.15, 0.2) is 0 Å². The quantitative estimate of drug-likeness (QED) is 0.446. The number of carbonyl (C=O) groups is 1. The van der Waals surface area contributed by atoms with Crippen LogP contribution in [-0.2, 0) is 4.79 Å². The maximum atomic E-state index is 9.83. The number of hydrogen-bond donors (Lipinski definition) is 1. The number of aldehydes is 1. The second-order valence-electron chi connectivity index (χ2n) is 1.89. The molecule has 0 aromatic heterocycles. The third kappa shape index (κ3) is 5.24. The van der Waals surface area contributed by atoms with Crippen molar-refractivity contribution in [2.75, 3.05) is 6.54 Å². The second-order valence-corrected chi connectivity index (χ2v) is 1.89. The molecule has 1 atom stereocenters. The molecule has 2 heteroatoms. The van der Waals surface area contributed by atoms with Gasteiger partial charge in [0.25, 0.3) is 0 Å². The lowest BCUT2D eigenvalue weighted by Crippen LogP contribution is -2.25. The predicted octanol–water partition coefficient (Wildman–Crippen LogP) is 0.740. The predicted molar refractivity (Wildman–Crippen MR) is 38.3 cm³/mol. The van der Waals surface area contributed by atoms with Crippen LogP contribution >= 0.6 is 0 Å². The number of allylic oxidation sites excluding steroid dienone is 1. The van der Waals surface area contributed by atoms with Crippen LogP contribution in [0.25, 0.3) is 0 Å². The molecule has 0 spiro atoms. The molecule has 0 bridgehead atoms. The first-order valence-electron chi connectivity index (χ1n) is 3.11. The molecule has 0 amide bonds. The lowest BCUT2D eigenvalue weighted by molar-refractivity contribution is -0.107. The molecule has 0 aliphatic rings. The molecule has 0 aliphatic carbocycles. The van der Waals surface area contributed by atoms with Crippen molar-refractivity contribution in [2.24, 2.45) is 0 Å². The van der Waals surface area contributed by atoms with Crippen LogP contribution in [0.1, 0.15) is 13.8 Å². The van der Waals surface area contributed by atoms with Crippen LogP contribution in [0.3, 0.4) is 0 Å². The highest BCUT2D eigenvalue weighted by Crippen LogP contribution is 1.81. The Balaban J connectivity index is 3.25. The average molecular weight is 127 g/mol. The Bertz CT molecular complexity index is 99.1. The first-order chi connectivity index (χ1) is 4.31. The summed E-state index contributed by atoms with van der Waals surface area (Å²) in [6.45, 7) is 4.40. The van der Waals surface area contributed by atoms with Gasteiger partial charge in [-0.25, -0.2) is 0 Å². The third-order valence-electron chi connectivity index (χ3n) is 1.00. The molecule has 0 radical (unpaired) electrons. The van der Waals surface area contributed by atoms with Gasteiger partial charge in [-0.15, -0.1) is 0 Å². The van der Waals surface area contributed by atoms with Gasteiger partial charge in [0.2, 0.25) is 0 Å². The van der Waals surface area contributed by atoms with Crippen molar-refractivity contribution in [3.63, 3.8) is 0 Å². The average Bonchev–Trinajstić information content (AvgIpc) is 1.85. The first kappa shape index (κ1) is 8.37. The summed E-state index contributed by atoms with van der Waals surface area (Å²) in [4.78, 5) is 9.83. The van der Waals surface area contributed by atoms with E-state index in [1.54, 1.807) is 0 Å². The molecule has 2 nitrogen and oxygen atoms in total. The van der Waals surface area contributed by atoms with Crippen molar-refractivity contribution in [3.8, 4) is 0 Å². The van der Waals surface area contributed by atoms with E-state index in [-0.39, 0.29) is 0 Å². The summed E-state index contributed by atoms with van der Waals surface area (Å²) < 4.78 is 0. The second kappa shape index (κ2) is 5.51. The lowest BCUT2D eigenvalue weighted by atomic mass is 10.3. The summed E-state index contributed by atoms with van der Waals surface area (Å²) in [5.74, 6) is 0. The highest BCUT2D eigenvalue weighted by atomic mass is 16.1. The van der Waals surface area contributed by atoms with E-state index in [2.05, 4.69) is 5.32 Å². The SMILES string of the molecule is CC=CC(C)NCC=O. The van der Waals surface area contributed by atoms with E-state index in [4.69, 9.17) is 0 Å². The van der Waals surface area contributed by atoms with E-state index in [0.29, 0.717) is 12.6 Å². The Labute approximate surface area is 56.0 Å². The highest BCUT2D eigenvalue weighted by molar-refractivity contribution is 5.51. The minimum absolute atomic E-state index is 0.306. The molecule has 1 N–H and O–H groups in total. The summed E-state index contributed by atoms with van der Waals surface area (Å²) in [6, 6.07) is 0.306. The molecule has 0 aromatic rings. The van der Waals surface area contributed by atoms with Gasteiger partial charge in [-0.2, -0.15) is 0 Å². The standard InChI is InChI=1S/C7H13NO/c1-3-4-7(2)8-5-6-9/h3-4,6-8H,5H2,1-2H3. The molecule has 1 unspecified atom stereocenters. The summed E-state index contributed by atoms with van der Waals surface area (Å²) in [5, 5.41) is 2.98. The van der Waals surface area contributed by atoms with E-state index in [9.17, 15) is 4.79 Å². The maximum Gasteiger partial charge on any atom is 0.133 e. The van der Waals surface area contributed by atoms with Crippen molar-refractivity contribution in [3.05, 3.63) is 12.2 Å². The zero-order chi connectivity index (χ0) is 7.11. The van der Waals surface area contributed by atoms with E-state index >= 15 is 0 Å². The van der Waals surface area contributed by atoms with Gasteiger partial charge >= 0.3 is 0 Å². The van der Waals surface area contributed by atoms with Gasteiger partial charge in [0.1, 0.15) is 6.29 Å². The Morgan fingerprint density at radius 3 is 2.78 bits per heavy atom. The van der Waals surface area contributed by atoms with Gasteiger partial charge in [-0.3, -0.25) is 0 Å². The zero-order valence-corrected chi connectivity index (χ0v) is 5.92. The van der Waals surface area contributed by atoms with Crippen LogP contribution in [-0.4, -0.2) is 18.9 Å². The van der Waals surface area contributed by atoms with Crippen LogP contribution < -0.4 is 5.32 Å². The van der Waals surface area contributed by atoms with Crippen LogP contribution in [0.5, 0.6) is 0 Å². The Hall–Kier alpha value is -0.630. The van der Waals surface area contributed by atoms with Crippen LogP contribution in [0, 0.1) is 0 Å². The monoisotopic (exact) mass is 127 g/mol.